The Morgan fingerprint density at radius 1 is 1.38 bits per heavy atom. The minimum atomic E-state index is -2.99. The van der Waals surface area contributed by atoms with Gasteiger partial charge in [0.15, 0.2) is 0 Å². The Kier molecular flexibility index (Phi) is 3.87. The second kappa shape index (κ2) is 5.02. The number of nitrogens with one attached hydrogen (secondary N) is 1. The summed E-state index contributed by atoms with van der Waals surface area (Å²) in [6, 6.07) is 0.408. The number of nitrogens with zero attached hydrogens (tertiary/aromatic N) is 1. The lowest BCUT2D eigenvalue weighted by Gasteiger charge is -2.34. The summed E-state index contributed by atoms with van der Waals surface area (Å²) in [7, 11) is -2.99. The summed E-state index contributed by atoms with van der Waals surface area (Å²) in [5.41, 5.74) is 0. The monoisotopic (exact) mass is 246 g/mol. The fraction of sp³-hybridized carbons (Fsp3) is 1.00. The van der Waals surface area contributed by atoms with E-state index in [0.29, 0.717) is 24.3 Å². The predicted octanol–water partition coefficient (Wildman–Crippen LogP) is 0.800. The smallest absolute Gasteiger partial charge is 0.214 e. The molecule has 2 atom stereocenters. The summed E-state index contributed by atoms with van der Waals surface area (Å²) < 4.78 is 25.8. The van der Waals surface area contributed by atoms with Gasteiger partial charge in [0.1, 0.15) is 0 Å². The van der Waals surface area contributed by atoms with Crippen LogP contribution in [0.4, 0.5) is 0 Å². The molecule has 5 heteroatoms. The van der Waals surface area contributed by atoms with Crippen molar-refractivity contribution < 1.29 is 8.42 Å². The molecular weight excluding hydrogens is 224 g/mol. The van der Waals surface area contributed by atoms with Crippen LogP contribution in [-0.2, 0) is 10.0 Å². The SMILES string of the molecule is CCCCS(=O)(=O)N1CC[C@H]2CCN[C@H]2C1. The third-order valence-electron chi connectivity index (χ3n) is 3.79. The van der Waals surface area contributed by atoms with Crippen LogP contribution >= 0.6 is 0 Å². The summed E-state index contributed by atoms with van der Waals surface area (Å²) in [5, 5.41) is 3.41. The zero-order valence-corrected chi connectivity index (χ0v) is 10.8. The number of fused-ring (bicyclic) bond motifs is 1. The van der Waals surface area contributed by atoms with Crippen LogP contribution in [0, 0.1) is 5.92 Å². The van der Waals surface area contributed by atoms with Gasteiger partial charge in [-0.25, -0.2) is 12.7 Å². The van der Waals surface area contributed by atoms with Gasteiger partial charge in [0, 0.05) is 19.1 Å². The van der Waals surface area contributed by atoms with Gasteiger partial charge in [0.2, 0.25) is 10.0 Å². The molecule has 4 nitrogen and oxygen atoms in total. The van der Waals surface area contributed by atoms with Crippen molar-refractivity contribution in [2.24, 2.45) is 5.92 Å². The summed E-state index contributed by atoms with van der Waals surface area (Å²) in [5.74, 6) is 1.03. The van der Waals surface area contributed by atoms with Gasteiger partial charge >= 0.3 is 0 Å². The van der Waals surface area contributed by atoms with E-state index in [1.807, 2.05) is 6.92 Å². The van der Waals surface area contributed by atoms with Crippen LogP contribution in [0.5, 0.6) is 0 Å². The van der Waals surface area contributed by atoms with Crippen LogP contribution in [0.25, 0.3) is 0 Å². The number of unbranched alkanes of at least 4 members (excludes halogenated alkanes) is 1. The van der Waals surface area contributed by atoms with Crippen molar-refractivity contribution >= 4 is 10.0 Å². The van der Waals surface area contributed by atoms with Gasteiger partial charge in [-0.1, -0.05) is 13.3 Å². The van der Waals surface area contributed by atoms with Gasteiger partial charge < -0.3 is 5.32 Å². The molecule has 0 saturated carbocycles. The van der Waals surface area contributed by atoms with Gasteiger partial charge in [-0.05, 0) is 31.7 Å². The third-order valence-corrected chi connectivity index (χ3v) is 5.71. The van der Waals surface area contributed by atoms with Gasteiger partial charge in [-0.3, -0.25) is 0 Å². The first-order chi connectivity index (χ1) is 7.63. The van der Waals surface area contributed by atoms with Crippen molar-refractivity contribution in [2.75, 3.05) is 25.4 Å². The topological polar surface area (TPSA) is 49.4 Å². The lowest BCUT2D eigenvalue weighted by Crippen LogP contribution is -2.49. The van der Waals surface area contributed by atoms with Crippen LogP contribution in [0.15, 0.2) is 0 Å². The van der Waals surface area contributed by atoms with Crippen LogP contribution in [0.1, 0.15) is 32.6 Å². The Hall–Kier alpha value is -0.130. The predicted molar refractivity (Wildman–Crippen MR) is 64.8 cm³/mol. The lowest BCUT2D eigenvalue weighted by molar-refractivity contribution is 0.249. The normalized spacial score (nSPS) is 31.6. The molecule has 0 amide bonds. The Morgan fingerprint density at radius 2 is 2.19 bits per heavy atom. The molecule has 0 spiro atoms. The van der Waals surface area contributed by atoms with Crippen LogP contribution in [-0.4, -0.2) is 44.2 Å². The highest BCUT2D eigenvalue weighted by atomic mass is 32.2. The molecular formula is C11H22N2O2S. The summed E-state index contributed by atoms with van der Waals surface area (Å²) >= 11 is 0. The largest absolute Gasteiger partial charge is 0.312 e. The Morgan fingerprint density at radius 3 is 2.94 bits per heavy atom. The molecule has 0 bridgehead atoms. The van der Waals surface area contributed by atoms with Crippen molar-refractivity contribution in [1.82, 2.24) is 9.62 Å². The van der Waals surface area contributed by atoms with E-state index in [0.717, 1.165) is 32.4 Å². The molecule has 0 unspecified atom stereocenters. The maximum Gasteiger partial charge on any atom is 0.214 e. The van der Waals surface area contributed by atoms with Crippen LogP contribution in [0.3, 0.4) is 0 Å². The number of hydrogen-bond acceptors (Lipinski definition) is 3. The van der Waals surface area contributed by atoms with E-state index in [9.17, 15) is 8.42 Å². The number of rotatable bonds is 4. The van der Waals surface area contributed by atoms with E-state index in [4.69, 9.17) is 0 Å². The molecule has 2 saturated heterocycles. The average molecular weight is 246 g/mol. The van der Waals surface area contributed by atoms with Gasteiger partial charge in [0.25, 0.3) is 0 Å². The van der Waals surface area contributed by atoms with Crippen molar-refractivity contribution in [2.45, 2.75) is 38.6 Å². The minimum Gasteiger partial charge on any atom is -0.312 e. The van der Waals surface area contributed by atoms with Gasteiger partial charge in [-0.2, -0.15) is 0 Å². The van der Waals surface area contributed by atoms with E-state index >= 15 is 0 Å². The molecule has 94 valence electrons. The molecule has 1 N–H and O–H groups in total. The van der Waals surface area contributed by atoms with E-state index in [2.05, 4.69) is 5.32 Å². The van der Waals surface area contributed by atoms with Gasteiger partial charge in [-0.15, -0.1) is 0 Å². The highest BCUT2D eigenvalue weighted by Crippen LogP contribution is 2.26. The molecule has 0 aromatic heterocycles. The standard InChI is InChI=1S/C11H22N2O2S/c1-2-3-8-16(14,15)13-7-5-10-4-6-12-11(10)9-13/h10-12H,2-9H2,1H3/t10-,11+/m1/s1. The molecule has 2 aliphatic heterocycles. The lowest BCUT2D eigenvalue weighted by atomic mass is 9.94. The highest BCUT2D eigenvalue weighted by molar-refractivity contribution is 7.89. The maximum absolute atomic E-state index is 12.0. The molecule has 2 rings (SSSR count). The Bertz CT molecular complexity index is 329. The molecule has 0 radical (unpaired) electrons. The molecule has 2 aliphatic rings. The molecule has 0 aromatic rings. The second-order valence-electron chi connectivity index (χ2n) is 4.93. The first-order valence-corrected chi connectivity index (χ1v) is 7.95. The van der Waals surface area contributed by atoms with Crippen LogP contribution in [0.2, 0.25) is 0 Å². The molecule has 0 aliphatic carbocycles. The minimum absolute atomic E-state index is 0.320. The van der Waals surface area contributed by atoms with Gasteiger partial charge in [0.05, 0.1) is 5.75 Å². The Balaban J connectivity index is 1.95. The highest BCUT2D eigenvalue weighted by Gasteiger charge is 2.36. The van der Waals surface area contributed by atoms with E-state index in [1.54, 1.807) is 4.31 Å². The maximum atomic E-state index is 12.0. The summed E-state index contributed by atoms with van der Waals surface area (Å²) in [4.78, 5) is 0. The van der Waals surface area contributed by atoms with Crippen molar-refractivity contribution in [1.29, 1.82) is 0 Å². The molecule has 2 fully saturated rings. The number of piperidine rings is 1. The summed E-state index contributed by atoms with van der Waals surface area (Å²) in [6.45, 7) is 4.50. The second-order valence-corrected chi connectivity index (χ2v) is 7.01. The fourth-order valence-corrected chi connectivity index (χ4v) is 4.39. The molecule has 0 aromatic carbocycles. The van der Waals surface area contributed by atoms with Crippen molar-refractivity contribution in [3.8, 4) is 0 Å². The zero-order chi connectivity index (χ0) is 11.6. The Labute approximate surface area is 98.4 Å². The first kappa shape index (κ1) is 12.3. The third kappa shape index (κ3) is 2.57. The number of sulfonamides is 1. The van der Waals surface area contributed by atoms with E-state index in [-0.39, 0.29) is 0 Å². The van der Waals surface area contributed by atoms with Crippen molar-refractivity contribution in [3.63, 3.8) is 0 Å². The average Bonchev–Trinajstić information content (AvgIpc) is 2.73. The van der Waals surface area contributed by atoms with E-state index in [1.165, 1.54) is 6.42 Å². The zero-order valence-electron chi connectivity index (χ0n) is 9.98. The number of hydrogen-bond donors (Lipinski definition) is 1. The fourth-order valence-electron chi connectivity index (χ4n) is 2.71. The summed E-state index contributed by atoms with van der Waals surface area (Å²) in [6.07, 6.45) is 3.97. The molecule has 2 heterocycles. The van der Waals surface area contributed by atoms with Crippen molar-refractivity contribution in [3.05, 3.63) is 0 Å². The molecule has 16 heavy (non-hydrogen) atoms. The quantitative estimate of drug-likeness (QED) is 0.798. The van der Waals surface area contributed by atoms with E-state index < -0.39 is 10.0 Å². The first-order valence-electron chi connectivity index (χ1n) is 6.34. The van der Waals surface area contributed by atoms with Crippen LogP contribution < -0.4 is 5.32 Å².